The van der Waals surface area contributed by atoms with Crippen molar-refractivity contribution in [2.24, 2.45) is 5.73 Å². The normalized spacial score (nSPS) is 20.9. The molecule has 0 rings (SSSR count). The van der Waals surface area contributed by atoms with Crippen LogP contribution in [-0.2, 0) is 9.59 Å². The van der Waals surface area contributed by atoms with E-state index in [0.717, 1.165) is 0 Å². The Kier molecular flexibility index (Phi) is 5.62. The highest BCUT2D eigenvalue weighted by atomic mass is 16.4. The van der Waals surface area contributed by atoms with E-state index < -0.39 is 48.6 Å². The summed E-state index contributed by atoms with van der Waals surface area (Å²) in [5.41, 5.74) is 1.74. The van der Waals surface area contributed by atoms with E-state index in [2.05, 4.69) is 0 Å². The Morgan fingerprint density at radius 2 is 1.71 bits per heavy atom. The molecule has 0 spiro atoms. The number of aliphatic hydroxyl groups is 5. The van der Waals surface area contributed by atoms with Gasteiger partial charge in [-0.3, -0.25) is 9.59 Å². The Morgan fingerprint density at radius 1 is 1.18 bits per heavy atom. The fourth-order valence-corrected chi connectivity index (χ4v) is 1.04. The summed E-state index contributed by atoms with van der Waals surface area (Å²) in [6.07, 6.45) is -8.11. The first-order chi connectivity index (χ1) is 8.27. The first-order valence-electron chi connectivity index (χ1n) is 5.36. The lowest BCUT2D eigenvalue weighted by Gasteiger charge is -2.24. The monoisotopic (exact) mass is 252 g/mol. The number of rotatable bonds is 8. The zero-order valence-corrected chi connectivity index (χ0v) is 9.15. The van der Waals surface area contributed by atoms with Crippen molar-refractivity contribution in [3.8, 4) is 0 Å². The van der Waals surface area contributed by atoms with E-state index >= 15 is 0 Å². The topological polar surface area (TPSA) is 161 Å². The number of aliphatic hydroxyl groups excluding tert-OH is 5. The molecule has 7 N–H and O–H groups in total. The Morgan fingerprint density at radius 3 is 2.12 bits per heavy atom. The molecule has 0 aromatic heterocycles. The smallest absolute Gasteiger partial charge is 0.231 e. The van der Waals surface area contributed by atoms with Crippen LogP contribution in [0, 0.1) is 0 Å². The number of hydrogen-bond donors (Lipinski definition) is 6. The number of carbonyl (C=O) groups excluding carboxylic acids is 2. The Hall–Kier alpha value is -0.900. The Bertz CT molecular complexity index is 301. The second-order valence-electron chi connectivity index (χ2n) is 3.63. The Labute approximate surface area is 98.8 Å². The molecule has 0 heterocycles. The summed E-state index contributed by atoms with van der Waals surface area (Å²) in [5.74, 6) is -2.55. The van der Waals surface area contributed by atoms with Gasteiger partial charge in [-0.25, -0.2) is 0 Å². The standard InChI is InChI=1S/C9H17NO7/c1-3(10)5(13)7(15)9(17)8(16)6(14)4(12)2-11/h3-4,6,8-9,11-12,14,16-17H,2,10H2,1H3/t3-,4+,6+,8-,9-/m0/s1/i/hD. The molecule has 0 aliphatic rings. The van der Waals surface area contributed by atoms with E-state index in [1.165, 1.54) is 6.92 Å². The van der Waals surface area contributed by atoms with E-state index in [4.69, 9.17) is 11.6 Å². The first kappa shape index (κ1) is 14.2. The van der Waals surface area contributed by atoms with Crippen LogP contribution in [0.2, 0.25) is 1.41 Å². The van der Waals surface area contributed by atoms with E-state index in [0.29, 0.717) is 0 Å². The molecule has 0 radical (unpaired) electrons. The van der Waals surface area contributed by atoms with Crippen molar-refractivity contribution in [3.05, 3.63) is 0 Å². The van der Waals surface area contributed by atoms with Gasteiger partial charge in [-0.2, -0.15) is 0 Å². The molecule has 0 aliphatic carbocycles. The molecule has 100 valence electrons. The van der Waals surface area contributed by atoms with Crippen LogP contribution in [0.4, 0.5) is 0 Å². The average Bonchev–Trinajstić information content (AvgIpc) is 2.40. The summed E-state index contributed by atoms with van der Waals surface area (Å²) in [4.78, 5) is 22.6. The predicted octanol–water partition coefficient (Wildman–Crippen LogP) is -4.09. The van der Waals surface area contributed by atoms with Gasteiger partial charge >= 0.3 is 0 Å². The SMILES string of the molecule is [2H]N[C@@H](C)C(=O)C(=O)[C@H](O)[C@@H](O)[C@H](O)[C@H](O)CO. The predicted molar refractivity (Wildman–Crippen MR) is 54.8 cm³/mol. The van der Waals surface area contributed by atoms with Crippen LogP contribution in [0.25, 0.3) is 0 Å². The summed E-state index contributed by atoms with van der Waals surface area (Å²) in [5, 5.41) is 45.5. The zero-order valence-electron chi connectivity index (χ0n) is 10.1. The Balaban J connectivity index is 4.68. The second kappa shape index (κ2) is 6.74. The van der Waals surface area contributed by atoms with Gasteiger partial charge in [0.05, 0.1) is 12.6 Å². The zero-order chi connectivity index (χ0) is 14.5. The van der Waals surface area contributed by atoms with Crippen molar-refractivity contribution in [3.63, 3.8) is 0 Å². The van der Waals surface area contributed by atoms with Crippen molar-refractivity contribution in [1.29, 1.82) is 0 Å². The van der Waals surface area contributed by atoms with Crippen molar-refractivity contribution >= 4 is 11.6 Å². The fourth-order valence-electron chi connectivity index (χ4n) is 1.04. The highest BCUT2D eigenvalue weighted by Gasteiger charge is 2.37. The number of hydrogen-bond acceptors (Lipinski definition) is 8. The maximum Gasteiger partial charge on any atom is 0.231 e. The van der Waals surface area contributed by atoms with Gasteiger partial charge in [0.15, 0.2) is 0 Å². The quantitative estimate of drug-likeness (QED) is 0.237. The summed E-state index contributed by atoms with van der Waals surface area (Å²) in [6, 6.07) is -1.18. The molecule has 5 atom stereocenters. The van der Waals surface area contributed by atoms with Crippen molar-refractivity contribution in [2.45, 2.75) is 37.4 Å². The molecule has 8 nitrogen and oxygen atoms in total. The summed E-state index contributed by atoms with van der Waals surface area (Å²) >= 11 is 0. The molecule has 0 saturated carbocycles. The minimum absolute atomic E-state index is 0.891. The van der Waals surface area contributed by atoms with Crippen LogP contribution in [0.15, 0.2) is 0 Å². The molecule has 0 aliphatic heterocycles. The fraction of sp³-hybridized carbons (Fsp3) is 0.778. The molecule has 0 saturated heterocycles. The summed E-state index contributed by atoms with van der Waals surface area (Å²) < 4.78 is 6.67. The number of ketones is 2. The van der Waals surface area contributed by atoms with Crippen LogP contribution >= 0.6 is 0 Å². The van der Waals surface area contributed by atoms with Crippen molar-refractivity contribution in [1.82, 2.24) is 0 Å². The van der Waals surface area contributed by atoms with Crippen LogP contribution in [-0.4, -0.2) is 74.2 Å². The van der Waals surface area contributed by atoms with Crippen LogP contribution in [0.3, 0.4) is 0 Å². The van der Waals surface area contributed by atoms with Crippen LogP contribution in [0.5, 0.6) is 0 Å². The van der Waals surface area contributed by atoms with Crippen molar-refractivity contribution < 1.29 is 36.5 Å². The van der Waals surface area contributed by atoms with Crippen LogP contribution < -0.4 is 5.73 Å². The van der Waals surface area contributed by atoms with E-state index in [-0.39, 0.29) is 0 Å². The van der Waals surface area contributed by atoms with Gasteiger partial charge in [0.1, 0.15) is 25.8 Å². The van der Waals surface area contributed by atoms with Gasteiger partial charge in [-0.05, 0) is 6.92 Å². The lowest BCUT2D eigenvalue weighted by molar-refractivity contribution is -0.154. The van der Waals surface area contributed by atoms with Gasteiger partial charge in [0, 0.05) is 0 Å². The van der Waals surface area contributed by atoms with Gasteiger partial charge in [-0.1, -0.05) is 0 Å². The molecule has 0 aromatic rings. The van der Waals surface area contributed by atoms with E-state index in [1.807, 2.05) is 0 Å². The van der Waals surface area contributed by atoms with Crippen molar-refractivity contribution in [2.75, 3.05) is 6.61 Å². The molecule has 0 bridgehead atoms. The summed E-state index contributed by atoms with van der Waals surface area (Å²) in [6.45, 7) is 0.309. The van der Waals surface area contributed by atoms with Gasteiger partial charge in [0.2, 0.25) is 11.6 Å². The number of Topliss-reactive ketones (excluding diaryl/α,β-unsaturated/α-hetero) is 2. The molecule has 0 amide bonds. The molecule has 0 fully saturated rings. The first-order valence-corrected chi connectivity index (χ1v) is 4.86. The molecule has 0 unspecified atom stereocenters. The van der Waals surface area contributed by atoms with E-state index in [1.54, 1.807) is 5.73 Å². The highest BCUT2D eigenvalue weighted by molar-refractivity contribution is 6.40. The number of nitrogens with two attached hydrogens (primary N) is 1. The van der Waals surface area contributed by atoms with Gasteiger partial charge in [0.25, 0.3) is 0 Å². The minimum Gasteiger partial charge on any atom is -0.394 e. The lowest BCUT2D eigenvalue weighted by atomic mass is 9.97. The largest absolute Gasteiger partial charge is 0.394 e. The van der Waals surface area contributed by atoms with E-state index in [9.17, 15) is 24.9 Å². The highest BCUT2D eigenvalue weighted by Crippen LogP contribution is 2.07. The number of carbonyl (C=O) groups is 2. The molecule has 0 aromatic carbocycles. The maximum atomic E-state index is 11.4. The molecule has 17 heavy (non-hydrogen) atoms. The average molecular weight is 252 g/mol. The third-order valence-electron chi connectivity index (χ3n) is 2.16. The molecular weight excluding hydrogens is 234 g/mol. The lowest BCUT2D eigenvalue weighted by Crippen LogP contribution is -2.52. The summed E-state index contributed by atoms with van der Waals surface area (Å²) in [7, 11) is 0. The maximum absolute atomic E-state index is 11.4. The third kappa shape index (κ3) is 4.11. The molecular formula is C9H17NO7. The molecule has 8 heteroatoms. The second-order valence-corrected chi connectivity index (χ2v) is 3.63. The minimum atomic E-state index is -2.25. The van der Waals surface area contributed by atoms with Gasteiger partial charge < -0.3 is 31.3 Å². The van der Waals surface area contributed by atoms with Crippen LogP contribution in [0.1, 0.15) is 6.92 Å². The van der Waals surface area contributed by atoms with Gasteiger partial charge in [-0.15, -0.1) is 0 Å². The third-order valence-corrected chi connectivity index (χ3v) is 2.16.